The van der Waals surface area contributed by atoms with Crippen LogP contribution >= 0.6 is 0 Å². The van der Waals surface area contributed by atoms with Gasteiger partial charge in [-0.25, -0.2) is 8.78 Å². The van der Waals surface area contributed by atoms with E-state index in [0.29, 0.717) is 18.6 Å². The van der Waals surface area contributed by atoms with Gasteiger partial charge in [0.2, 0.25) is 0 Å². The van der Waals surface area contributed by atoms with E-state index in [9.17, 15) is 8.78 Å². The minimum atomic E-state index is -0.818. The van der Waals surface area contributed by atoms with Crippen molar-refractivity contribution < 1.29 is 13.5 Å². The molecule has 0 aliphatic heterocycles. The number of hydrogen-bond donors (Lipinski definition) is 1. The zero-order chi connectivity index (χ0) is 14.4. The topological polar surface area (TPSA) is 21.3 Å². The first-order chi connectivity index (χ1) is 9.70. The van der Waals surface area contributed by atoms with Gasteiger partial charge in [0.05, 0.1) is 0 Å². The molecule has 0 aliphatic carbocycles. The number of hydrogen-bond acceptors (Lipinski definition) is 2. The van der Waals surface area contributed by atoms with E-state index >= 15 is 0 Å². The van der Waals surface area contributed by atoms with E-state index in [1.54, 1.807) is 13.1 Å². The van der Waals surface area contributed by atoms with E-state index in [0.717, 1.165) is 11.8 Å². The third kappa shape index (κ3) is 3.78. The average Bonchev–Trinajstić information content (AvgIpc) is 2.49. The largest absolute Gasteiger partial charge is 0.492 e. The lowest BCUT2D eigenvalue weighted by Gasteiger charge is -2.17. The van der Waals surface area contributed by atoms with Gasteiger partial charge >= 0.3 is 0 Å². The van der Waals surface area contributed by atoms with Crippen LogP contribution in [0.15, 0.2) is 48.5 Å². The highest BCUT2D eigenvalue weighted by molar-refractivity contribution is 5.22. The van der Waals surface area contributed by atoms with Crippen LogP contribution < -0.4 is 10.1 Å². The van der Waals surface area contributed by atoms with Crippen LogP contribution in [0.3, 0.4) is 0 Å². The molecule has 4 heteroatoms. The maximum atomic E-state index is 13.6. The van der Waals surface area contributed by atoms with E-state index in [1.165, 1.54) is 6.07 Å². The summed E-state index contributed by atoms with van der Waals surface area (Å²) in [5.74, 6) is -0.846. The molecule has 1 unspecified atom stereocenters. The summed E-state index contributed by atoms with van der Waals surface area (Å²) in [5, 5.41) is 3.05. The van der Waals surface area contributed by atoms with Gasteiger partial charge in [-0.2, -0.15) is 0 Å². The quantitative estimate of drug-likeness (QED) is 0.875. The Hall–Kier alpha value is -1.94. The van der Waals surface area contributed by atoms with Gasteiger partial charge in [0.25, 0.3) is 0 Å². The molecule has 0 aromatic heterocycles. The van der Waals surface area contributed by atoms with Crippen molar-refractivity contribution >= 4 is 0 Å². The Morgan fingerprint density at radius 2 is 1.80 bits per heavy atom. The fourth-order valence-electron chi connectivity index (χ4n) is 1.93. The summed E-state index contributed by atoms with van der Waals surface area (Å²) in [6.07, 6.45) is 0.368. The van der Waals surface area contributed by atoms with Crippen molar-refractivity contribution in [3.8, 4) is 5.75 Å². The van der Waals surface area contributed by atoms with Crippen LogP contribution in [0.25, 0.3) is 0 Å². The summed E-state index contributed by atoms with van der Waals surface area (Å²) >= 11 is 0. The molecular formula is C16H17F2NO. The van der Waals surface area contributed by atoms with Crippen molar-refractivity contribution in [1.29, 1.82) is 0 Å². The first-order valence-corrected chi connectivity index (χ1v) is 6.48. The van der Waals surface area contributed by atoms with Crippen molar-refractivity contribution in [3.63, 3.8) is 0 Å². The van der Waals surface area contributed by atoms with Crippen LogP contribution in [0.2, 0.25) is 0 Å². The predicted molar refractivity (Wildman–Crippen MR) is 74.8 cm³/mol. The second kappa shape index (κ2) is 7.01. The third-order valence-electron chi connectivity index (χ3n) is 3.10. The first-order valence-electron chi connectivity index (χ1n) is 6.48. The van der Waals surface area contributed by atoms with Gasteiger partial charge < -0.3 is 10.1 Å². The molecule has 0 amide bonds. The summed E-state index contributed by atoms with van der Waals surface area (Å²) in [6.45, 7) is 0.385. The zero-order valence-corrected chi connectivity index (χ0v) is 11.3. The lowest BCUT2D eigenvalue weighted by atomic mass is 10.1. The van der Waals surface area contributed by atoms with E-state index in [1.807, 2.05) is 30.3 Å². The Labute approximate surface area is 117 Å². The molecular weight excluding hydrogens is 260 g/mol. The van der Waals surface area contributed by atoms with Crippen LogP contribution in [0.5, 0.6) is 5.75 Å². The van der Waals surface area contributed by atoms with Crippen LogP contribution in [0.1, 0.15) is 5.56 Å². The van der Waals surface area contributed by atoms with E-state index in [2.05, 4.69) is 5.32 Å². The monoisotopic (exact) mass is 277 g/mol. The third-order valence-corrected chi connectivity index (χ3v) is 3.10. The molecule has 0 saturated heterocycles. The molecule has 20 heavy (non-hydrogen) atoms. The minimum absolute atomic E-state index is 0.0912. The first kappa shape index (κ1) is 14.5. The van der Waals surface area contributed by atoms with Gasteiger partial charge in [-0.1, -0.05) is 30.3 Å². The van der Waals surface area contributed by atoms with E-state index in [4.69, 9.17) is 4.74 Å². The van der Waals surface area contributed by atoms with Crippen molar-refractivity contribution in [2.75, 3.05) is 13.7 Å². The van der Waals surface area contributed by atoms with Gasteiger partial charge in [-0.3, -0.25) is 0 Å². The molecule has 0 bridgehead atoms. The lowest BCUT2D eigenvalue weighted by molar-refractivity contribution is 0.268. The molecule has 0 saturated carbocycles. The van der Waals surface area contributed by atoms with Gasteiger partial charge in [0.15, 0.2) is 11.6 Å². The summed E-state index contributed by atoms with van der Waals surface area (Å²) in [5.41, 5.74) is 0.348. The molecule has 0 radical (unpaired) electrons. The lowest BCUT2D eigenvalue weighted by Crippen LogP contribution is -2.34. The van der Waals surface area contributed by atoms with Crippen molar-refractivity contribution in [1.82, 2.24) is 5.32 Å². The molecule has 0 fully saturated rings. The normalized spacial score (nSPS) is 12.2. The van der Waals surface area contributed by atoms with Gasteiger partial charge in [0, 0.05) is 6.04 Å². The van der Waals surface area contributed by atoms with Crippen molar-refractivity contribution in [2.45, 2.75) is 12.5 Å². The number of ether oxygens (including phenoxy) is 1. The number of para-hydroxylation sites is 1. The van der Waals surface area contributed by atoms with Gasteiger partial charge in [0.1, 0.15) is 12.4 Å². The Morgan fingerprint density at radius 1 is 1.05 bits per heavy atom. The second-order valence-electron chi connectivity index (χ2n) is 4.53. The maximum Gasteiger partial charge on any atom is 0.162 e. The van der Waals surface area contributed by atoms with Crippen LogP contribution in [0, 0.1) is 11.6 Å². The molecule has 2 rings (SSSR count). The molecule has 0 heterocycles. The number of nitrogens with one attached hydrogen (secondary N) is 1. The summed E-state index contributed by atoms with van der Waals surface area (Å²) in [4.78, 5) is 0. The fraction of sp³-hybridized carbons (Fsp3) is 0.250. The van der Waals surface area contributed by atoms with Crippen LogP contribution in [0.4, 0.5) is 8.78 Å². The Balaban J connectivity index is 1.97. The van der Waals surface area contributed by atoms with E-state index in [-0.39, 0.29) is 6.04 Å². The summed E-state index contributed by atoms with van der Waals surface area (Å²) in [7, 11) is 1.77. The molecule has 1 atom stereocenters. The van der Waals surface area contributed by atoms with Crippen molar-refractivity contribution in [2.24, 2.45) is 0 Å². The SMILES string of the molecule is CNC(COc1ccccc1)Cc1cccc(F)c1F. The van der Waals surface area contributed by atoms with Crippen molar-refractivity contribution in [3.05, 3.63) is 65.7 Å². The Bertz CT molecular complexity index is 545. The summed E-state index contributed by atoms with van der Waals surface area (Å²) < 4.78 is 32.4. The minimum Gasteiger partial charge on any atom is -0.492 e. The van der Waals surface area contributed by atoms with E-state index < -0.39 is 11.6 Å². The molecule has 2 aromatic rings. The molecule has 2 aromatic carbocycles. The molecule has 2 nitrogen and oxygen atoms in total. The molecule has 1 N–H and O–H groups in total. The van der Waals surface area contributed by atoms with Crippen LogP contribution in [-0.4, -0.2) is 19.7 Å². The van der Waals surface area contributed by atoms with Gasteiger partial charge in [-0.05, 0) is 37.2 Å². The van der Waals surface area contributed by atoms with Gasteiger partial charge in [-0.15, -0.1) is 0 Å². The number of benzene rings is 2. The zero-order valence-electron chi connectivity index (χ0n) is 11.3. The number of halogens is 2. The fourth-order valence-corrected chi connectivity index (χ4v) is 1.93. The average molecular weight is 277 g/mol. The smallest absolute Gasteiger partial charge is 0.162 e. The highest BCUT2D eigenvalue weighted by atomic mass is 19.2. The molecule has 106 valence electrons. The Morgan fingerprint density at radius 3 is 2.50 bits per heavy atom. The predicted octanol–water partition coefficient (Wildman–Crippen LogP) is 3.17. The molecule has 0 spiro atoms. The standard InChI is InChI=1S/C16H17F2NO/c1-19-13(11-20-14-7-3-2-4-8-14)10-12-6-5-9-15(17)16(12)18/h2-9,13,19H,10-11H2,1H3. The number of likely N-dealkylation sites (N-methyl/N-ethyl adjacent to an activating group) is 1. The summed E-state index contributed by atoms with van der Waals surface area (Å²) in [6, 6.07) is 13.5. The second-order valence-corrected chi connectivity index (χ2v) is 4.53. The molecule has 0 aliphatic rings. The maximum absolute atomic E-state index is 13.6. The van der Waals surface area contributed by atoms with Crippen LogP contribution in [-0.2, 0) is 6.42 Å². The highest BCUT2D eigenvalue weighted by Crippen LogP contribution is 2.14. The Kier molecular flexibility index (Phi) is 5.07. The number of rotatable bonds is 6. The highest BCUT2D eigenvalue weighted by Gasteiger charge is 2.13.